The van der Waals surface area contributed by atoms with Gasteiger partial charge in [-0.1, -0.05) is 44.8 Å². The summed E-state index contributed by atoms with van der Waals surface area (Å²) in [5, 5.41) is 26.2. The Morgan fingerprint density at radius 3 is 2.58 bits per heavy atom. The zero-order chi connectivity index (χ0) is 28.7. The van der Waals surface area contributed by atoms with Crippen molar-refractivity contribution in [3.63, 3.8) is 0 Å². The van der Waals surface area contributed by atoms with Gasteiger partial charge in [0.2, 0.25) is 11.7 Å². The second kappa shape index (κ2) is 11.2. The number of carbonyl (C=O) groups excluding carboxylic acids is 4. The molecule has 0 aliphatic heterocycles. The van der Waals surface area contributed by atoms with E-state index in [1.54, 1.807) is 12.2 Å². The summed E-state index contributed by atoms with van der Waals surface area (Å²) in [6.07, 6.45) is 13.0. The zero-order valence-corrected chi connectivity index (χ0v) is 24.0. The number of ether oxygens (including phenoxy) is 1. The molecule has 8 heteroatoms. The van der Waals surface area contributed by atoms with E-state index < -0.39 is 40.9 Å². The first-order chi connectivity index (χ1) is 19.0. The number of hydrogen-bond donors (Lipinski definition) is 3. The van der Waals surface area contributed by atoms with Crippen molar-refractivity contribution in [1.29, 1.82) is 0 Å². The Morgan fingerprint density at radius 2 is 1.82 bits per heavy atom. The molecule has 0 unspecified atom stereocenters. The Kier molecular flexibility index (Phi) is 8.14. The highest BCUT2D eigenvalue weighted by Gasteiger charge is 2.68. The fraction of sp³-hybridized carbons (Fsp3) is 0.750. The van der Waals surface area contributed by atoms with Crippen molar-refractivity contribution < 1.29 is 34.1 Å². The van der Waals surface area contributed by atoms with Crippen LogP contribution in [0.4, 0.5) is 0 Å². The molecule has 220 valence electrons. The molecule has 0 heterocycles. The van der Waals surface area contributed by atoms with Gasteiger partial charge in [0.15, 0.2) is 12.4 Å². The third-order valence-electron chi connectivity index (χ3n) is 11.3. The largest absolute Gasteiger partial charge is 0.458 e. The molecule has 0 spiro atoms. The van der Waals surface area contributed by atoms with Crippen LogP contribution in [0.15, 0.2) is 23.8 Å². The van der Waals surface area contributed by atoms with Gasteiger partial charge in [-0.05, 0) is 74.9 Å². The molecule has 5 aliphatic rings. The van der Waals surface area contributed by atoms with Crippen LogP contribution in [0, 0.1) is 34.5 Å². The quantitative estimate of drug-likeness (QED) is 0.390. The van der Waals surface area contributed by atoms with Crippen molar-refractivity contribution in [2.24, 2.45) is 34.5 Å². The molecular weight excluding hydrogens is 510 g/mol. The van der Waals surface area contributed by atoms with E-state index in [1.807, 2.05) is 13.0 Å². The van der Waals surface area contributed by atoms with Gasteiger partial charge >= 0.3 is 5.97 Å². The maximum atomic E-state index is 13.4. The molecule has 0 radical (unpaired) electrons. The van der Waals surface area contributed by atoms with Gasteiger partial charge < -0.3 is 20.3 Å². The number of rotatable bonds is 8. The average Bonchev–Trinajstić information content (AvgIpc) is 3.20. The minimum absolute atomic E-state index is 0.00824. The molecule has 1 amide bonds. The highest BCUT2D eigenvalue weighted by Crippen LogP contribution is 2.67. The van der Waals surface area contributed by atoms with Crippen LogP contribution in [0.2, 0.25) is 0 Å². The molecule has 0 saturated heterocycles. The van der Waals surface area contributed by atoms with E-state index in [0.717, 1.165) is 31.3 Å². The first kappa shape index (κ1) is 29.2. The van der Waals surface area contributed by atoms with E-state index in [1.165, 1.54) is 19.3 Å². The Bertz CT molecular complexity index is 1110. The number of aliphatic hydroxyl groups is 2. The second-order valence-corrected chi connectivity index (χ2v) is 13.5. The SMILES string of the molecule is C[C@]12C=CC(=O)C=C1CC[C@@H]1[C@H]2[C@@H](O)C[C@@]2(C)[C@H]1CC[C@]2(O)C(=O)COC(=O)CCC(=O)NCC1CCCCC1. The standard InChI is InChI=1S/C32H45NO7/c1-30-14-12-22(34)16-21(30)8-9-23-24-13-15-32(39,31(24,2)17-25(35)29(23)30)26(36)19-40-28(38)11-10-27(37)33-18-20-6-4-3-5-7-20/h12,14,16,20,23-25,29,35,39H,3-11,13,15,17-19H2,1-2H3,(H,33,37)/t23-,24-,25-,29-,30-,31-,32-/m0/s1. The fourth-order valence-corrected chi connectivity index (χ4v) is 9.08. The smallest absolute Gasteiger partial charge is 0.306 e. The molecule has 0 aromatic carbocycles. The second-order valence-electron chi connectivity index (χ2n) is 13.5. The first-order valence-electron chi connectivity index (χ1n) is 15.3. The van der Waals surface area contributed by atoms with Gasteiger partial charge in [0.1, 0.15) is 5.60 Å². The number of carbonyl (C=O) groups is 4. The molecule has 0 aromatic heterocycles. The minimum atomic E-state index is -1.70. The summed E-state index contributed by atoms with van der Waals surface area (Å²) in [4.78, 5) is 50.0. The van der Waals surface area contributed by atoms with Crippen molar-refractivity contribution >= 4 is 23.4 Å². The van der Waals surface area contributed by atoms with Gasteiger partial charge in [0.05, 0.1) is 12.5 Å². The number of nitrogens with one attached hydrogen (secondary N) is 1. The third kappa shape index (κ3) is 5.11. The number of amides is 1. The number of aliphatic hydroxyl groups excluding tert-OH is 1. The lowest BCUT2D eigenvalue weighted by Gasteiger charge is -2.59. The third-order valence-corrected chi connectivity index (χ3v) is 11.3. The van der Waals surface area contributed by atoms with Gasteiger partial charge in [0.25, 0.3) is 0 Å². The van der Waals surface area contributed by atoms with Gasteiger partial charge in [-0.25, -0.2) is 0 Å². The summed E-state index contributed by atoms with van der Waals surface area (Å²) in [5.74, 6) is -0.832. The fourth-order valence-electron chi connectivity index (χ4n) is 9.08. The Morgan fingerprint density at radius 1 is 1.07 bits per heavy atom. The number of fused-ring (bicyclic) bond motifs is 5. The number of ketones is 2. The van der Waals surface area contributed by atoms with E-state index in [0.29, 0.717) is 18.9 Å². The number of esters is 1. The van der Waals surface area contributed by atoms with Crippen molar-refractivity contribution in [2.75, 3.05) is 13.2 Å². The summed E-state index contributed by atoms with van der Waals surface area (Å²) in [7, 11) is 0. The van der Waals surface area contributed by atoms with Crippen LogP contribution >= 0.6 is 0 Å². The number of Topliss-reactive ketones (excluding diaryl/α,β-unsaturated/α-hetero) is 1. The molecule has 0 aromatic rings. The lowest BCUT2D eigenvalue weighted by atomic mass is 9.46. The molecule has 3 N–H and O–H groups in total. The predicted octanol–water partition coefficient (Wildman–Crippen LogP) is 3.59. The molecule has 0 bridgehead atoms. The van der Waals surface area contributed by atoms with Crippen LogP contribution < -0.4 is 5.32 Å². The molecular formula is C32H45NO7. The summed E-state index contributed by atoms with van der Waals surface area (Å²) in [6, 6.07) is 0. The van der Waals surface area contributed by atoms with Crippen LogP contribution in [-0.4, -0.2) is 58.5 Å². The van der Waals surface area contributed by atoms with Crippen LogP contribution in [0.5, 0.6) is 0 Å². The molecule has 7 atom stereocenters. The molecule has 4 saturated carbocycles. The summed E-state index contributed by atoms with van der Waals surface area (Å²) in [6.45, 7) is 4.08. The maximum Gasteiger partial charge on any atom is 0.306 e. The van der Waals surface area contributed by atoms with E-state index >= 15 is 0 Å². The highest BCUT2D eigenvalue weighted by molar-refractivity contribution is 6.01. The van der Waals surface area contributed by atoms with Crippen molar-refractivity contribution in [3.8, 4) is 0 Å². The topological polar surface area (TPSA) is 130 Å². The van der Waals surface area contributed by atoms with Gasteiger partial charge in [-0.2, -0.15) is 0 Å². The van der Waals surface area contributed by atoms with E-state index in [2.05, 4.69) is 12.2 Å². The summed E-state index contributed by atoms with van der Waals surface area (Å²) >= 11 is 0. The molecule has 40 heavy (non-hydrogen) atoms. The average molecular weight is 556 g/mol. The van der Waals surface area contributed by atoms with Crippen LogP contribution in [-0.2, 0) is 23.9 Å². The van der Waals surface area contributed by atoms with E-state index in [9.17, 15) is 29.4 Å². The number of hydrogen-bond acceptors (Lipinski definition) is 7. The van der Waals surface area contributed by atoms with Crippen molar-refractivity contribution in [2.45, 2.75) is 103 Å². The normalized spacial score (nSPS) is 39.0. The van der Waals surface area contributed by atoms with Crippen LogP contribution in [0.1, 0.15) is 90.9 Å². The van der Waals surface area contributed by atoms with E-state index in [4.69, 9.17) is 4.74 Å². The van der Waals surface area contributed by atoms with Gasteiger partial charge in [-0.15, -0.1) is 0 Å². The first-order valence-corrected chi connectivity index (χ1v) is 15.3. The van der Waals surface area contributed by atoms with Crippen molar-refractivity contribution in [3.05, 3.63) is 23.8 Å². The highest BCUT2D eigenvalue weighted by atomic mass is 16.5. The van der Waals surface area contributed by atoms with Gasteiger partial charge in [0, 0.05) is 29.7 Å². The Balaban J connectivity index is 1.16. The van der Waals surface area contributed by atoms with Crippen LogP contribution in [0.25, 0.3) is 0 Å². The summed E-state index contributed by atoms with van der Waals surface area (Å²) in [5.41, 5.74) is -1.90. The number of allylic oxidation sites excluding steroid dienone is 4. The molecule has 5 rings (SSSR count). The Labute approximate surface area is 237 Å². The van der Waals surface area contributed by atoms with Crippen molar-refractivity contribution in [1.82, 2.24) is 5.32 Å². The lowest BCUT2D eigenvalue weighted by Crippen LogP contribution is -2.61. The molecule has 5 aliphatic carbocycles. The zero-order valence-electron chi connectivity index (χ0n) is 24.0. The van der Waals surface area contributed by atoms with Crippen LogP contribution in [0.3, 0.4) is 0 Å². The summed E-state index contributed by atoms with van der Waals surface area (Å²) < 4.78 is 5.24. The minimum Gasteiger partial charge on any atom is -0.458 e. The monoisotopic (exact) mass is 555 g/mol. The van der Waals surface area contributed by atoms with E-state index in [-0.39, 0.29) is 55.1 Å². The lowest BCUT2D eigenvalue weighted by molar-refractivity contribution is -0.181. The Hall–Kier alpha value is -2.32. The van der Waals surface area contributed by atoms with Gasteiger partial charge in [-0.3, -0.25) is 19.2 Å². The maximum absolute atomic E-state index is 13.4. The molecule has 8 nitrogen and oxygen atoms in total. The predicted molar refractivity (Wildman–Crippen MR) is 148 cm³/mol. The molecule has 4 fully saturated rings.